The molecule has 1 atom stereocenters. The maximum Gasteiger partial charge on any atom is 0.260 e. The van der Waals surface area contributed by atoms with Crippen molar-refractivity contribution in [2.45, 2.75) is 55.6 Å². The van der Waals surface area contributed by atoms with Gasteiger partial charge in [-0.1, -0.05) is 43.7 Å². The number of nitrogens with one attached hydrogen (secondary N) is 1. The summed E-state index contributed by atoms with van der Waals surface area (Å²) in [5, 5.41) is 7.80. The standard InChI is InChI=1S/C24H30N3O4S/c1-2-3-17-31-20-9-11-21(12-10-20)32(29,30)27-15-13-24(14-16-27)25-22(23(28)26-24)18-19-7-5-4-6-8-19/h4-12,22,25H,2-3,13-18H2,1H3. The van der Waals surface area contributed by atoms with Crippen LogP contribution in [0.15, 0.2) is 59.5 Å². The maximum atomic E-state index is 13.1. The van der Waals surface area contributed by atoms with Crippen LogP contribution in [0.5, 0.6) is 5.75 Å². The monoisotopic (exact) mass is 456 g/mol. The quantitative estimate of drug-likeness (QED) is 0.617. The summed E-state index contributed by atoms with van der Waals surface area (Å²) >= 11 is 0. The molecule has 171 valence electrons. The highest BCUT2D eigenvalue weighted by Gasteiger charge is 2.48. The minimum Gasteiger partial charge on any atom is -0.494 e. The van der Waals surface area contributed by atoms with Crippen molar-refractivity contribution in [3.63, 3.8) is 0 Å². The molecule has 0 aliphatic carbocycles. The lowest BCUT2D eigenvalue weighted by atomic mass is 9.99. The van der Waals surface area contributed by atoms with Crippen molar-refractivity contribution < 1.29 is 17.9 Å². The van der Waals surface area contributed by atoms with Crippen molar-refractivity contribution in [1.82, 2.24) is 14.9 Å². The smallest absolute Gasteiger partial charge is 0.260 e. The molecule has 2 heterocycles. The van der Waals surface area contributed by atoms with Crippen LogP contribution in [0.25, 0.3) is 0 Å². The predicted molar refractivity (Wildman–Crippen MR) is 122 cm³/mol. The lowest BCUT2D eigenvalue weighted by Crippen LogP contribution is -2.56. The molecule has 7 nitrogen and oxygen atoms in total. The highest BCUT2D eigenvalue weighted by Crippen LogP contribution is 2.30. The van der Waals surface area contributed by atoms with Gasteiger partial charge in [0.25, 0.3) is 5.91 Å². The Hall–Kier alpha value is -2.42. The second-order valence-electron chi connectivity index (χ2n) is 8.45. The molecule has 1 N–H and O–H groups in total. The maximum absolute atomic E-state index is 13.1. The van der Waals surface area contributed by atoms with Gasteiger partial charge in [0.2, 0.25) is 10.0 Å². The molecule has 0 saturated carbocycles. The van der Waals surface area contributed by atoms with Crippen LogP contribution in [0.3, 0.4) is 0 Å². The number of hydrogen-bond acceptors (Lipinski definition) is 5. The number of benzene rings is 2. The molecular formula is C24H30N3O4S. The minimum atomic E-state index is -3.60. The molecule has 2 aromatic rings. The fourth-order valence-electron chi connectivity index (χ4n) is 4.24. The first-order chi connectivity index (χ1) is 15.4. The number of hydrogen-bond donors (Lipinski definition) is 1. The van der Waals surface area contributed by atoms with E-state index in [0.29, 0.717) is 44.7 Å². The Kier molecular flexibility index (Phi) is 6.83. The van der Waals surface area contributed by atoms with Crippen LogP contribution in [-0.4, -0.2) is 50.0 Å². The summed E-state index contributed by atoms with van der Waals surface area (Å²) in [4.78, 5) is 12.8. The van der Waals surface area contributed by atoms with E-state index in [4.69, 9.17) is 4.74 Å². The van der Waals surface area contributed by atoms with E-state index in [1.807, 2.05) is 30.3 Å². The Bertz CT molecular complexity index is 1020. The van der Waals surface area contributed by atoms with Crippen LogP contribution in [0.4, 0.5) is 0 Å². The van der Waals surface area contributed by atoms with Crippen LogP contribution in [-0.2, 0) is 21.2 Å². The first-order valence-electron chi connectivity index (χ1n) is 11.2. The Morgan fingerprint density at radius 3 is 2.44 bits per heavy atom. The number of carbonyl (C=O) groups excluding carboxylic acids is 1. The Morgan fingerprint density at radius 2 is 1.78 bits per heavy atom. The number of unbranched alkanes of at least 4 members (excludes halogenated alkanes) is 1. The van der Waals surface area contributed by atoms with Crippen molar-refractivity contribution in [3.8, 4) is 5.75 Å². The lowest BCUT2D eigenvalue weighted by molar-refractivity contribution is -0.121. The molecule has 1 amide bonds. The molecule has 0 aromatic heterocycles. The Balaban J connectivity index is 1.36. The van der Waals surface area contributed by atoms with Crippen molar-refractivity contribution in [2.75, 3.05) is 19.7 Å². The number of piperidine rings is 1. The number of nitrogens with zero attached hydrogens (tertiary/aromatic N) is 2. The third-order valence-corrected chi connectivity index (χ3v) is 8.04. The van der Waals surface area contributed by atoms with Crippen LogP contribution in [0.1, 0.15) is 38.2 Å². The molecular weight excluding hydrogens is 426 g/mol. The highest BCUT2D eigenvalue weighted by atomic mass is 32.2. The predicted octanol–water partition coefficient (Wildman–Crippen LogP) is 2.69. The summed E-state index contributed by atoms with van der Waals surface area (Å²) in [6, 6.07) is 16.1. The van der Waals surface area contributed by atoms with Gasteiger partial charge in [0, 0.05) is 13.1 Å². The fraction of sp³-hybridized carbons (Fsp3) is 0.458. The van der Waals surface area contributed by atoms with Crippen LogP contribution >= 0.6 is 0 Å². The number of ether oxygens (including phenoxy) is 1. The van der Waals surface area contributed by atoms with Gasteiger partial charge in [-0.15, -0.1) is 0 Å². The van der Waals surface area contributed by atoms with Crippen LogP contribution < -0.4 is 15.4 Å². The van der Waals surface area contributed by atoms with E-state index in [9.17, 15) is 13.2 Å². The van der Waals surface area contributed by atoms with Gasteiger partial charge < -0.3 is 4.74 Å². The fourth-order valence-corrected chi connectivity index (χ4v) is 5.68. The molecule has 2 aromatic carbocycles. The van der Waals surface area contributed by atoms with Gasteiger partial charge in [-0.05, 0) is 55.5 Å². The zero-order valence-corrected chi connectivity index (χ0v) is 19.2. The van der Waals surface area contributed by atoms with E-state index < -0.39 is 15.7 Å². The summed E-state index contributed by atoms with van der Waals surface area (Å²) in [6.07, 6.45) is 3.54. The van der Waals surface area contributed by atoms with E-state index in [2.05, 4.69) is 17.6 Å². The molecule has 4 rings (SSSR count). The second-order valence-corrected chi connectivity index (χ2v) is 10.4. The zero-order valence-electron chi connectivity index (χ0n) is 18.4. The van der Waals surface area contributed by atoms with Crippen molar-refractivity contribution in [1.29, 1.82) is 0 Å². The zero-order chi connectivity index (χ0) is 22.6. The minimum absolute atomic E-state index is 0.149. The third kappa shape index (κ3) is 4.98. The summed E-state index contributed by atoms with van der Waals surface area (Å²) in [5.74, 6) is 0.524. The van der Waals surface area contributed by atoms with Gasteiger partial charge in [-0.2, -0.15) is 4.31 Å². The number of amides is 1. The van der Waals surface area contributed by atoms with Gasteiger partial charge in [0.1, 0.15) is 11.4 Å². The van der Waals surface area contributed by atoms with E-state index in [1.54, 1.807) is 24.3 Å². The SMILES string of the molecule is CCCCOc1ccc(S(=O)(=O)N2CCC3(CC2)[N]C(=O)C(Cc2ccccc2)N3)cc1. The largest absolute Gasteiger partial charge is 0.494 e. The van der Waals surface area contributed by atoms with Crippen molar-refractivity contribution in [3.05, 3.63) is 60.2 Å². The molecule has 2 saturated heterocycles. The summed E-state index contributed by atoms with van der Waals surface area (Å²) in [6.45, 7) is 3.35. The van der Waals surface area contributed by atoms with Gasteiger partial charge in [0.15, 0.2) is 0 Å². The summed E-state index contributed by atoms with van der Waals surface area (Å²) < 4.78 is 33.3. The van der Waals surface area contributed by atoms with Gasteiger partial charge in [-0.25, -0.2) is 13.7 Å². The Labute approximate surface area is 190 Å². The summed E-state index contributed by atoms with van der Waals surface area (Å²) in [5.41, 5.74) is 0.409. The third-order valence-electron chi connectivity index (χ3n) is 6.13. The van der Waals surface area contributed by atoms with E-state index in [0.717, 1.165) is 18.4 Å². The van der Waals surface area contributed by atoms with Crippen molar-refractivity contribution >= 4 is 15.9 Å². The molecule has 1 radical (unpaired) electrons. The average Bonchev–Trinajstić information content (AvgIpc) is 3.09. The van der Waals surface area contributed by atoms with Gasteiger partial charge in [-0.3, -0.25) is 10.1 Å². The second kappa shape index (κ2) is 9.60. The van der Waals surface area contributed by atoms with Gasteiger partial charge >= 0.3 is 0 Å². The number of sulfonamides is 1. The highest BCUT2D eigenvalue weighted by molar-refractivity contribution is 7.89. The lowest BCUT2D eigenvalue weighted by Gasteiger charge is -2.37. The normalized spacial score (nSPS) is 20.9. The molecule has 8 heteroatoms. The van der Waals surface area contributed by atoms with Crippen LogP contribution in [0, 0.1) is 0 Å². The van der Waals surface area contributed by atoms with E-state index in [-0.39, 0.29) is 16.8 Å². The first-order valence-corrected chi connectivity index (χ1v) is 12.7. The number of carbonyl (C=O) groups is 1. The van der Waals surface area contributed by atoms with Crippen LogP contribution in [0.2, 0.25) is 0 Å². The van der Waals surface area contributed by atoms with Gasteiger partial charge in [0.05, 0.1) is 17.5 Å². The molecule has 32 heavy (non-hydrogen) atoms. The molecule has 2 fully saturated rings. The molecule has 1 spiro atoms. The van der Waals surface area contributed by atoms with E-state index >= 15 is 0 Å². The topological polar surface area (TPSA) is 89.8 Å². The molecule has 0 bridgehead atoms. The Morgan fingerprint density at radius 1 is 1.09 bits per heavy atom. The average molecular weight is 457 g/mol. The molecule has 2 aliphatic heterocycles. The molecule has 1 unspecified atom stereocenters. The first kappa shape index (κ1) is 22.8. The summed E-state index contributed by atoms with van der Waals surface area (Å²) in [7, 11) is -3.60. The van der Waals surface area contributed by atoms with E-state index in [1.165, 1.54) is 4.31 Å². The molecule has 2 aliphatic rings. The van der Waals surface area contributed by atoms with Crippen molar-refractivity contribution in [2.24, 2.45) is 0 Å². The number of rotatable bonds is 8.